The molecule has 0 spiro atoms. The molecule has 2 atom stereocenters. The molecule has 4 heteroatoms. The van der Waals surface area contributed by atoms with Crippen LogP contribution >= 0.6 is 0 Å². The second-order valence-electron chi connectivity index (χ2n) is 4.08. The number of aliphatic hydroxyl groups is 1. The summed E-state index contributed by atoms with van der Waals surface area (Å²) in [7, 11) is 0. The molecule has 17 heavy (non-hydrogen) atoms. The Balaban J connectivity index is 2.35. The molecule has 0 aromatic heterocycles. The van der Waals surface area contributed by atoms with Crippen LogP contribution in [0.3, 0.4) is 0 Å². The molecule has 1 aliphatic heterocycles. The van der Waals surface area contributed by atoms with E-state index in [0.717, 1.165) is 5.56 Å². The summed E-state index contributed by atoms with van der Waals surface area (Å²) in [4.78, 5) is 12.1. The minimum Gasteiger partial charge on any atom is -0.464 e. The van der Waals surface area contributed by atoms with Crippen molar-refractivity contribution < 1.29 is 19.4 Å². The summed E-state index contributed by atoms with van der Waals surface area (Å²) in [6.07, 6.45) is -0.379. The highest BCUT2D eigenvalue weighted by Gasteiger charge is 2.49. The van der Waals surface area contributed by atoms with Gasteiger partial charge in [0.25, 0.3) is 0 Å². The largest absolute Gasteiger partial charge is 0.464 e. The van der Waals surface area contributed by atoms with E-state index < -0.39 is 17.7 Å². The lowest BCUT2D eigenvalue weighted by atomic mass is 9.90. The Morgan fingerprint density at radius 3 is 2.76 bits per heavy atom. The summed E-state index contributed by atoms with van der Waals surface area (Å²) in [5, 5.41) is 9.61. The molecule has 0 saturated carbocycles. The minimum absolute atomic E-state index is 0.160. The van der Waals surface area contributed by atoms with Gasteiger partial charge in [-0.1, -0.05) is 30.3 Å². The fourth-order valence-electron chi connectivity index (χ4n) is 2.10. The van der Waals surface area contributed by atoms with E-state index in [4.69, 9.17) is 9.47 Å². The maximum absolute atomic E-state index is 12.1. The molecular formula is C13H16O4. The maximum Gasteiger partial charge on any atom is 0.343 e. The van der Waals surface area contributed by atoms with E-state index in [9.17, 15) is 9.90 Å². The highest BCUT2D eigenvalue weighted by molar-refractivity contribution is 5.82. The first kappa shape index (κ1) is 12.1. The van der Waals surface area contributed by atoms with Crippen LogP contribution in [-0.2, 0) is 19.9 Å². The van der Waals surface area contributed by atoms with Gasteiger partial charge < -0.3 is 14.6 Å². The molecule has 4 nitrogen and oxygen atoms in total. The summed E-state index contributed by atoms with van der Waals surface area (Å²) < 4.78 is 10.6. The molecule has 1 aromatic carbocycles. The number of aliphatic hydroxyl groups excluding tert-OH is 1. The zero-order valence-corrected chi connectivity index (χ0v) is 9.76. The quantitative estimate of drug-likeness (QED) is 0.802. The van der Waals surface area contributed by atoms with Crippen LogP contribution in [0.5, 0.6) is 0 Å². The number of hydrogen-bond acceptors (Lipinski definition) is 4. The molecule has 0 amide bonds. The average molecular weight is 236 g/mol. The first-order chi connectivity index (χ1) is 8.19. The summed E-state index contributed by atoms with van der Waals surface area (Å²) in [5.41, 5.74) is -0.411. The fourth-order valence-corrected chi connectivity index (χ4v) is 2.10. The van der Waals surface area contributed by atoms with Crippen molar-refractivity contribution >= 4 is 5.97 Å². The lowest BCUT2D eigenvalue weighted by Gasteiger charge is -2.26. The third-order valence-corrected chi connectivity index (χ3v) is 2.89. The van der Waals surface area contributed by atoms with Crippen LogP contribution in [0.2, 0.25) is 0 Å². The maximum atomic E-state index is 12.1. The van der Waals surface area contributed by atoms with Gasteiger partial charge in [0.1, 0.15) is 0 Å². The molecule has 1 fully saturated rings. The number of carbonyl (C=O) groups excluding carboxylic acids is 1. The third kappa shape index (κ3) is 2.18. The zero-order valence-electron chi connectivity index (χ0n) is 9.76. The predicted molar refractivity (Wildman–Crippen MR) is 61.3 cm³/mol. The molecule has 92 valence electrons. The highest BCUT2D eigenvalue weighted by Crippen LogP contribution is 2.37. The molecule has 0 radical (unpaired) electrons. The SMILES string of the molecule is CCOC(=O)[C@]1(c2ccccc2)C[C@H](O)CO1. The Labute approximate surface area is 100 Å². The standard InChI is InChI=1S/C13H16O4/c1-2-16-12(15)13(8-11(14)9-17-13)10-6-4-3-5-7-10/h3-7,11,14H,2,8-9H2,1H3/t11-,13+/m0/s1. The monoisotopic (exact) mass is 236 g/mol. The Kier molecular flexibility index (Phi) is 3.45. The van der Waals surface area contributed by atoms with E-state index in [1.165, 1.54) is 0 Å². The van der Waals surface area contributed by atoms with Gasteiger partial charge in [0.2, 0.25) is 0 Å². The Morgan fingerprint density at radius 1 is 1.53 bits per heavy atom. The highest BCUT2D eigenvalue weighted by atomic mass is 16.6. The fraction of sp³-hybridized carbons (Fsp3) is 0.462. The van der Waals surface area contributed by atoms with Gasteiger partial charge in [-0.15, -0.1) is 0 Å². The number of esters is 1. The molecule has 1 aliphatic rings. The average Bonchev–Trinajstić information content (AvgIpc) is 2.74. The van der Waals surface area contributed by atoms with Gasteiger partial charge in [0, 0.05) is 6.42 Å². The molecule has 2 rings (SSSR count). The van der Waals surface area contributed by atoms with Gasteiger partial charge in [-0.05, 0) is 12.5 Å². The van der Waals surface area contributed by atoms with Gasteiger partial charge in [0.15, 0.2) is 5.60 Å². The Morgan fingerprint density at radius 2 is 2.24 bits per heavy atom. The van der Waals surface area contributed by atoms with Gasteiger partial charge in [0.05, 0.1) is 19.3 Å². The van der Waals surface area contributed by atoms with Crippen molar-refractivity contribution in [1.82, 2.24) is 0 Å². The summed E-state index contributed by atoms with van der Waals surface area (Å²) in [6, 6.07) is 9.17. The zero-order chi connectivity index (χ0) is 12.3. The second kappa shape index (κ2) is 4.85. The lowest BCUT2D eigenvalue weighted by molar-refractivity contribution is -0.168. The first-order valence-corrected chi connectivity index (χ1v) is 5.74. The lowest BCUT2D eigenvalue weighted by Crippen LogP contribution is -2.37. The molecule has 1 aromatic rings. The van der Waals surface area contributed by atoms with Crippen LogP contribution in [0.4, 0.5) is 0 Å². The summed E-state index contributed by atoms with van der Waals surface area (Å²) in [5.74, 6) is -0.428. The number of carbonyl (C=O) groups is 1. The van der Waals surface area contributed by atoms with E-state index in [0.29, 0.717) is 6.61 Å². The molecule has 1 heterocycles. The van der Waals surface area contributed by atoms with Gasteiger partial charge >= 0.3 is 5.97 Å². The minimum atomic E-state index is -1.14. The predicted octanol–water partition coefficient (Wildman–Crippen LogP) is 1.23. The van der Waals surface area contributed by atoms with Crippen molar-refractivity contribution in [2.45, 2.75) is 25.0 Å². The van der Waals surface area contributed by atoms with Crippen molar-refractivity contribution in [2.75, 3.05) is 13.2 Å². The van der Waals surface area contributed by atoms with Crippen molar-refractivity contribution in [2.24, 2.45) is 0 Å². The van der Waals surface area contributed by atoms with Crippen molar-refractivity contribution in [3.63, 3.8) is 0 Å². The van der Waals surface area contributed by atoms with Crippen molar-refractivity contribution in [3.05, 3.63) is 35.9 Å². The molecule has 1 N–H and O–H groups in total. The van der Waals surface area contributed by atoms with Crippen LogP contribution in [0.15, 0.2) is 30.3 Å². The topological polar surface area (TPSA) is 55.8 Å². The second-order valence-corrected chi connectivity index (χ2v) is 4.08. The van der Waals surface area contributed by atoms with E-state index in [-0.39, 0.29) is 13.0 Å². The van der Waals surface area contributed by atoms with Crippen molar-refractivity contribution in [1.29, 1.82) is 0 Å². The Hall–Kier alpha value is -1.39. The summed E-state index contributed by atoms with van der Waals surface area (Å²) in [6.45, 7) is 2.21. The van der Waals surface area contributed by atoms with Crippen LogP contribution < -0.4 is 0 Å². The normalized spacial score (nSPS) is 28.0. The Bertz CT molecular complexity index is 390. The number of ether oxygens (including phenoxy) is 2. The van der Waals surface area contributed by atoms with Gasteiger partial charge in [-0.3, -0.25) is 0 Å². The molecular weight excluding hydrogens is 220 g/mol. The van der Waals surface area contributed by atoms with Crippen LogP contribution in [-0.4, -0.2) is 30.4 Å². The third-order valence-electron chi connectivity index (χ3n) is 2.89. The summed E-state index contributed by atoms with van der Waals surface area (Å²) >= 11 is 0. The van der Waals surface area contributed by atoms with E-state index in [2.05, 4.69) is 0 Å². The van der Waals surface area contributed by atoms with Crippen LogP contribution in [0, 0.1) is 0 Å². The molecule has 0 aliphatic carbocycles. The van der Waals surface area contributed by atoms with Crippen LogP contribution in [0.25, 0.3) is 0 Å². The van der Waals surface area contributed by atoms with Gasteiger partial charge in [-0.25, -0.2) is 4.79 Å². The smallest absolute Gasteiger partial charge is 0.343 e. The molecule has 1 saturated heterocycles. The number of hydrogen-bond donors (Lipinski definition) is 1. The molecule has 0 bridgehead atoms. The molecule has 0 unspecified atom stereocenters. The van der Waals surface area contributed by atoms with E-state index >= 15 is 0 Å². The van der Waals surface area contributed by atoms with E-state index in [1.807, 2.05) is 30.3 Å². The number of rotatable bonds is 3. The van der Waals surface area contributed by atoms with Crippen molar-refractivity contribution in [3.8, 4) is 0 Å². The van der Waals surface area contributed by atoms with Gasteiger partial charge in [-0.2, -0.15) is 0 Å². The van der Waals surface area contributed by atoms with E-state index in [1.54, 1.807) is 6.92 Å². The van der Waals surface area contributed by atoms with Crippen LogP contribution in [0.1, 0.15) is 18.9 Å². The number of benzene rings is 1. The first-order valence-electron chi connectivity index (χ1n) is 5.74.